The number of hydrogen-bond acceptors (Lipinski definition) is 2. The van der Waals surface area contributed by atoms with Crippen LogP contribution < -0.4 is 5.32 Å². The molecule has 1 amide bonds. The average molecular weight is 213 g/mol. The Bertz CT molecular complexity index is 503. The number of anilines is 1. The third kappa shape index (κ3) is 2.17. The number of rotatable bonds is 3. The van der Waals surface area contributed by atoms with Crippen LogP contribution in [0.5, 0.6) is 0 Å². The summed E-state index contributed by atoms with van der Waals surface area (Å²) >= 11 is 0. The van der Waals surface area contributed by atoms with Crippen LogP contribution in [0.2, 0.25) is 0 Å². The summed E-state index contributed by atoms with van der Waals surface area (Å²) in [6.45, 7) is 3.40. The topological polar surface area (TPSA) is 46.9 Å². The van der Waals surface area contributed by atoms with Crippen LogP contribution in [0.3, 0.4) is 0 Å². The van der Waals surface area contributed by atoms with Crippen LogP contribution in [0.1, 0.15) is 0 Å². The zero-order valence-corrected chi connectivity index (χ0v) is 8.63. The van der Waals surface area contributed by atoms with Crippen molar-refractivity contribution < 1.29 is 4.79 Å². The smallest absolute Gasteiger partial charge is 0.247 e. The molecule has 2 aromatic rings. The number of nitrogens with one attached hydrogen (secondary N) is 1. The molecule has 0 radical (unpaired) electrons. The number of carbonyl (C=O) groups excluding carboxylic acids is 1. The number of amides is 1. The Labute approximate surface area is 93.2 Å². The summed E-state index contributed by atoms with van der Waals surface area (Å²) < 4.78 is 1.73. The van der Waals surface area contributed by atoms with Crippen molar-refractivity contribution in [2.45, 2.75) is 0 Å². The molecule has 0 spiro atoms. The van der Waals surface area contributed by atoms with E-state index in [0.717, 1.165) is 11.4 Å². The van der Waals surface area contributed by atoms with Gasteiger partial charge in [0.1, 0.15) is 0 Å². The first-order valence-corrected chi connectivity index (χ1v) is 4.83. The Morgan fingerprint density at radius 2 is 2.31 bits per heavy atom. The number of nitrogens with zero attached hydrogens (tertiary/aromatic N) is 2. The number of aromatic nitrogens is 2. The van der Waals surface area contributed by atoms with Crippen molar-refractivity contribution in [2.24, 2.45) is 0 Å². The summed E-state index contributed by atoms with van der Waals surface area (Å²) in [5.41, 5.74) is 1.62. The van der Waals surface area contributed by atoms with Crippen molar-refractivity contribution in [3.05, 3.63) is 55.4 Å². The summed E-state index contributed by atoms with van der Waals surface area (Å²) in [4.78, 5) is 11.1. The molecule has 80 valence electrons. The van der Waals surface area contributed by atoms with Gasteiger partial charge in [-0.2, -0.15) is 5.10 Å². The Balaban J connectivity index is 2.26. The van der Waals surface area contributed by atoms with Crippen molar-refractivity contribution in [2.75, 3.05) is 5.32 Å². The van der Waals surface area contributed by atoms with E-state index >= 15 is 0 Å². The van der Waals surface area contributed by atoms with Gasteiger partial charge in [-0.25, -0.2) is 4.68 Å². The third-order valence-electron chi connectivity index (χ3n) is 2.07. The molecular formula is C12H11N3O. The molecule has 1 aromatic heterocycles. The highest BCUT2D eigenvalue weighted by molar-refractivity contribution is 5.98. The number of carbonyl (C=O) groups is 1. The van der Waals surface area contributed by atoms with E-state index in [4.69, 9.17) is 0 Å². The minimum absolute atomic E-state index is 0.224. The Kier molecular flexibility index (Phi) is 2.82. The van der Waals surface area contributed by atoms with Gasteiger partial charge in [-0.1, -0.05) is 12.6 Å². The molecule has 1 heterocycles. The van der Waals surface area contributed by atoms with Gasteiger partial charge in [0.05, 0.1) is 5.69 Å². The molecule has 0 atom stereocenters. The van der Waals surface area contributed by atoms with E-state index in [1.165, 1.54) is 6.08 Å². The fourth-order valence-electron chi connectivity index (χ4n) is 1.34. The van der Waals surface area contributed by atoms with Crippen molar-refractivity contribution >= 4 is 11.6 Å². The molecule has 4 nitrogen and oxygen atoms in total. The molecule has 1 aromatic carbocycles. The first kappa shape index (κ1) is 10.2. The van der Waals surface area contributed by atoms with Crippen LogP contribution in [0.25, 0.3) is 5.69 Å². The van der Waals surface area contributed by atoms with E-state index in [0.29, 0.717) is 0 Å². The lowest BCUT2D eigenvalue weighted by atomic mass is 10.2. The van der Waals surface area contributed by atoms with Crippen molar-refractivity contribution in [3.63, 3.8) is 0 Å². The fourth-order valence-corrected chi connectivity index (χ4v) is 1.34. The first-order chi connectivity index (χ1) is 7.79. The van der Waals surface area contributed by atoms with Gasteiger partial charge in [0.2, 0.25) is 5.91 Å². The monoisotopic (exact) mass is 213 g/mol. The van der Waals surface area contributed by atoms with E-state index in [9.17, 15) is 4.79 Å². The molecule has 0 saturated carbocycles. The number of hydrogen-bond donors (Lipinski definition) is 1. The SMILES string of the molecule is C=CC(=O)Nc1cccc(-n2cccn2)c1. The molecular weight excluding hydrogens is 202 g/mol. The molecule has 0 bridgehead atoms. The second kappa shape index (κ2) is 4.44. The molecule has 0 saturated heterocycles. The van der Waals surface area contributed by atoms with Crippen molar-refractivity contribution in [1.29, 1.82) is 0 Å². The molecule has 0 aliphatic heterocycles. The predicted molar refractivity (Wildman–Crippen MR) is 62.4 cm³/mol. The van der Waals surface area contributed by atoms with Gasteiger partial charge in [0.25, 0.3) is 0 Å². The molecule has 2 rings (SSSR count). The second-order valence-corrected chi connectivity index (χ2v) is 3.19. The summed E-state index contributed by atoms with van der Waals surface area (Å²) in [6, 6.07) is 9.27. The van der Waals surface area contributed by atoms with Gasteiger partial charge in [-0.05, 0) is 30.3 Å². The van der Waals surface area contributed by atoms with Crippen LogP contribution in [0, 0.1) is 0 Å². The van der Waals surface area contributed by atoms with E-state index in [-0.39, 0.29) is 5.91 Å². The molecule has 16 heavy (non-hydrogen) atoms. The lowest BCUT2D eigenvalue weighted by Crippen LogP contribution is -2.07. The first-order valence-electron chi connectivity index (χ1n) is 4.83. The average Bonchev–Trinajstić information content (AvgIpc) is 2.83. The van der Waals surface area contributed by atoms with Crippen molar-refractivity contribution in [3.8, 4) is 5.69 Å². The van der Waals surface area contributed by atoms with Gasteiger partial charge in [-0.15, -0.1) is 0 Å². The highest BCUT2D eigenvalue weighted by atomic mass is 16.1. The molecule has 4 heteroatoms. The van der Waals surface area contributed by atoms with Crippen LogP contribution >= 0.6 is 0 Å². The Hall–Kier alpha value is -2.36. The van der Waals surface area contributed by atoms with Gasteiger partial charge < -0.3 is 5.32 Å². The second-order valence-electron chi connectivity index (χ2n) is 3.19. The van der Waals surface area contributed by atoms with E-state index in [1.54, 1.807) is 10.9 Å². The standard InChI is InChI=1S/C12H11N3O/c1-2-12(16)14-10-5-3-6-11(9-10)15-8-4-7-13-15/h2-9H,1H2,(H,14,16). The van der Waals surface area contributed by atoms with Gasteiger partial charge in [0, 0.05) is 18.1 Å². The zero-order chi connectivity index (χ0) is 11.4. The molecule has 0 aliphatic carbocycles. The van der Waals surface area contributed by atoms with Crippen LogP contribution in [0.4, 0.5) is 5.69 Å². The lowest BCUT2D eigenvalue weighted by molar-refractivity contribution is -0.111. The lowest BCUT2D eigenvalue weighted by Gasteiger charge is -2.05. The summed E-state index contributed by atoms with van der Waals surface area (Å²) in [5, 5.41) is 6.81. The van der Waals surface area contributed by atoms with Gasteiger partial charge in [0.15, 0.2) is 0 Å². The molecule has 0 fully saturated rings. The molecule has 1 N–H and O–H groups in total. The quantitative estimate of drug-likeness (QED) is 0.792. The van der Waals surface area contributed by atoms with Crippen LogP contribution in [-0.2, 0) is 4.79 Å². The largest absolute Gasteiger partial charge is 0.322 e. The summed E-state index contributed by atoms with van der Waals surface area (Å²) in [7, 11) is 0. The third-order valence-corrected chi connectivity index (χ3v) is 2.07. The van der Waals surface area contributed by atoms with E-state index < -0.39 is 0 Å². The van der Waals surface area contributed by atoms with Gasteiger partial charge in [-0.3, -0.25) is 4.79 Å². The Morgan fingerprint density at radius 1 is 1.44 bits per heavy atom. The van der Waals surface area contributed by atoms with E-state index in [1.807, 2.05) is 36.5 Å². The maximum Gasteiger partial charge on any atom is 0.247 e. The zero-order valence-electron chi connectivity index (χ0n) is 8.63. The van der Waals surface area contributed by atoms with Gasteiger partial charge >= 0.3 is 0 Å². The highest BCUT2D eigenvalue weighted by Gasteiger charge is 2.00. The molecule has 0 aliphatic rings. The fraction of sp³-hybridized carbons (Fsp3) is 0. The summed E-state index contributed by atoms with van der Waals surface area (Å²) in [6.07, 6.45) is 4.78. The Morgan fingerprint density at radius 3 is 3.00 bits per heavy atom. The molecule has 0 unspecified atom stereocenters. The van der Waals surface area contributed by atoms with E-state index in [2.05, 4.69) is 17.0 Å². The maximum absolute atomic E-state index is 11.1. The summed E-state index contributed by atoms with van der Waals surface area (Å²) in [5.74, 6) is -0.224. The highest BCUT2D eigenvalue weighted by Crippen LogP contribution is 2.13. The minimum atomic E-state index is -0.224. The normalized spacial score (nSPS) is 9.75. The minimum Gasteiger partial charge on any atom is -0.322 e. The number of benzene rings is 1. The van der Waals surface area contributed by atoms with Crippen LogP contribution in [-0.4, -0.2) is 15.7 Å². The van der Waals surface area contributed by atoms with Crippen LogP contribution in [0.15, 0.2) is 55.4 Å². The maximum atomic E-state index is 11.1. The van der Waals surface area contributed by atoms with Crippen molar-refractivity contribution in [1.82, 2.24) is 9.78 Å². The predicted octanol–water partition coefficient (Wildman–Crippen LogP) is 2.00.